The van der Waals surface area contributed by atoms with Gasteiger partial charge in [-0.05, 0) is 25.0 Å². The molecule has 3 nitrogen and oxygen atoms in total. The molecule has 0 unspecified atom stereocenters. The smallest absolute Gasteiger partial charge is 0.337 e. The molecule has 0 aliphatic heterocycles. The van der Waals surface area contributed by atoms with Crippen molar-refractivity contribution in [2.75, 3.05) is 0 Å². The van der Waals surface area contributed by atoms with E-state index in [2.05, 4.69) is 4.98 Å². The van der Waals surface area contributed by atoms with E-state index in [9.17, 15) is 4.79 Å². The van der Waals surface area contributed by atoms with E-state index in [1.807, 2.05) is 0 Å². The molecule has 0 saturated heterocycles. The fourth-order valence-corrected chi connectivity index (χ4v) is 1.15. The third-order valence-electron chi connectivity index (χ3n) is 2.03. The van der Waals surface area contributed by atoms with Crippen molar-refractivity contribution in [1.29, 1.82) is 0 Å². The number of nitrogens with zero attached hydrogens (tertiary/aromatic N) is 1. The van der Waals surface area contributed by atoms with Crippen LogP contribution in [0.3, 0.4) is 0 Å². The third-order valence-corrected chi connectivity index (χ3v) is 2.03. The standard InChI is InChI=1S/C9H9NO2/c11-9(12)7-3-4-8(10-5-7)6-1-2-6/h3-6H,1-2H2,(H,11,12). The van der Waals surface area contributed by atoms with Crippen LogP contribution in [0.4, 0.5) is 0 Å². The first-order chi connectivity index (χ1) is 5.77. The lowest BCUT2D eigenvalue weighted by atomic mass is 10.2. The molecule has 1 N–H and O–H groups in total. The Bertz CT molecular complexity index is 301. The van der Waals surface area contributed by atoms with Crippen LogP contribution in [-0.4, -0.2) is 16.1 Å². The number of carboxylic acids is 1. The normalized spacial score (nSPS) is 16.0. The van der Waals surface area contributed by atoms with Gasteiger partial charge in [0.1, 0.15) is 0 Å². The number of carboxylic acid groups (broad SMARTS) is 1. The van der Waals surface area contributed by atoms with Gasteiger partial charge >= 0.3 is 5.97 Å². The van der Waals surface area contributed by atoms with Crippen LogP contribution in [0.1, 0.15) is 34.8 Å². The molecule has 1 aromatic heterocycles. The second-order valence-corrected chi connectivity index (χ2v) is 3.05. The molecule has 1 saturated carbocycles. The predicted molar refractivity (Wildman–Crippen MR) is 43.2 cm³/mol. The molecule has 1 aromatic rings. The van der Waals surface area contributed by atoms with Crippen LogP contribution in [0.2, 0.25) is 0 Å². The van der Waals surface area contributed by atoms with Gasteiger partial charge in [0.05, 0.1) is 5.56 Å². The number of hydrogen-bond donors (Lipinski definition) is 1. The van der Waals surface area contributed by atoms with E-state index < -0.39 is 5.97 Å². The van der Waals surface area contributed by atoms with Gasteiger partial charge in [0, 0.05) is 17.8 Å². The topological polar surface area (TPSA) is 50.2 Å². The van der Waals surface area contributed by atoms with Crippen LogP contribution < -0.4 is 0 Å². The van der Waals surface area contributed by atoms with E-state index in [0.717, 1.165) is 5.69 Å². The van der Waals surface area contributed by atoms with Crippen LogP contribution in [0.15, 0.2) is 18.3 Å². The highest BCUT2D eigenvalue weighted by Gasteiger charge is 2.24. The Morgan fingerprint density at radius 2 is 2.25 bits per heavy atom. The van der Waals surface area contributed by atoms with Gasteiger partial charge in [-0.25, -0.2) is 4.79 Å². The highest BCUT2D eigenvalue weighted by molar-refractivity contribution is 5.87. The zero-order valence-electron chi connectivity index (χ0n) is 6.53. The Labute approximate surface area is 70.1 Å². The Kier molecular flexibility index (Phi) is 1.57. The van der Waals surface area contributed by atoms with Gasteiger partial charge in [-0.2, -0.15) is 0 Å². The lowest BCUT2D eigenvalue weighted by molar-refractivity contribution is 0.0696. The second kappa shape index (κ2) is 2.59. The molecule has 0 bridgehead atoms. The van der Waals surface area contributed by atoms with E-state index in [4.69, 9.17) is 5.11 Å². The average Bonchev–Trinajstić information content (AvgIpc) is 2.87. The van der Waals surface area contributed by atoms with Gasteiger partial charge < -0.3 is 5.11 Å². The molecule has 0 spiro atoms. The zero-order chi connectivity index (χ0) is 8.55. The first kappa shape index (κ1) is 7.28. The number of aromatic nitrogens is 1. The van der Waals surface area contributed by atoms with Gasteiger partial charge in [0.2, 0.25) is 0 Å². The number of pyridine rings is 1. The molecule has 0 radical (unpaired) electrons. The highest BCUT2D eigenvalue weighted by atomic mass is 16.4. The van der Waals surface area contributed by atoms with Crippen molar-refractivity contribution in [2.45, 2.75) is 18.8 Å². The largest absolute Gasteiger partial charge is 0.478 e. The van der Waals surface area contributed by atoms with Crippen molar-refractivity contribution in [3.63, 3.8) is 0 Å². The summed E-state index contributed by atoms with van der Waals surface area (Å²) in [6.07, 6.45) is 3.81. The van der Waals surface area contributed by atoms with Crippen molar-refractivity contribution in [1.82, 2.24) is 4.98 Å². The molecule has 1 aliphatic carbocycles. The average molecular weight is 163 g/mol. The minimum Gasteiger partial charge on any atom is -0.478 e. The zero-order valence-corrected chi connectivity index (χ0v) is 6.53. The summed E-state index contributed by atoms with van der Waals surface area (Å²) in [4.78, 5) is 14.5. The first-order valence-corrected chi connectivity index (χ1v) is 3.96. The summed E-state index contributed by atoms with van der Waals surface area (Å²) in [5.41, 5.74) is 1.29. The molecule has 1 aliphatic rings. The molecule has 1 heterocycles. The summed E-state index contributed by atoms with van der Waals surface area (Å²) < 4.78 is 0. The van der Waals surface area contributed by atoms with Crippen molar-refractivity contribution in [2.24, 2.45) is 0 Å². The van der Waals surface area contributed by atoms with Crippen LogP contribution in [-0.2, 0) is 0 Å². The number of carbonyl (C=O) groups is 1. The summed E-state index contributed by atoms with van der Waals surface area (Å²) in [6, 6.07) is 3.42. The van der Waals surface area contributed by atoms with E-state index in [0.29, 0.717) is 5.92 Å². The van der Waals surface area contributed by atoms with E-state index in [1.165, 1.54) is 19.0 Å². The lowest BCUT2D eigenvalue weighted by Gasteiger charge is -1.96. The molecule has 0 amide bonds. The van der Waals surface area contributed by atoms with E-state index >= 15 is 0 Å². The fraction of sp³-hybridized carbons (Fsp3) is 0.333. The Balaban J connectivity index is 2.24. The number of hydrogen-bond acceptors (Lipinski definition) is 2. The minimum atomic E-state index is -0.912. The maximum absolute atomic E-state index is 10.5. The van der Waals surface area contributed by atoms with Gasteiger partial charge in [0.25, 0.3) is 0 Å². The minimum absolute atomic E-state index is 0.263. The molecular weight excluding hydrogens is 154 g/mol. The second-order valence-electron chi connectivity index (χ2n) is 3.05. The maximum atomic E-state index is 10.5. The number of aromatic carboxylic acids is 1. The van der Waals surface area contributed by atoms with Crippen LogP contribution in [0.25, 0.3) is 0 Å². The molecule has 62 valence electrons. The van der Waals surface area contributed by atoms with Crippen LogP contribution >= 0.6 is 0 Å². The highest BCUT2D eigenvalue weighted by Crippen LogP contribution is 2.38. The molecule has 0 aromatic carbocycles. The molecule has 1 fully saturated rings. The van der Waals surface area contributed by atoms with Crippen molar-refractivity contribution in [3.05, 3.63) is 29.6 Å². The third kappa shape index (κ3) is 1.30. The quantitative estimate of drug-likeness (QED) is 0.721. The number of rotatable bonds is 2. The SMILES string of the molecule is O=C(O)c1ccc(C2CC2)nc1. The van der Waals surface area contributed by atoms with Gasteiger partial charge in [-0.1, -0.05) is 0 Å². The summed E-state index contributed by atoms with van der Waals surface area (Å²) in [5, 5.41) is 8.59. The fourth-order valence-electron chi connectivity index (χ4n) is 1.15. The van der Waals surface area contributed by atoms with E-state index in [1.54, 1.807) is 12.1 Å². The molecule has 12 heavy (non-hydrogen) atoms. The van der Waals surface area contributed by atoms with E-state index in [-0.39, 0.29) is 5.56 Å². The lowest BCUT2D eigenvalue weighted by Crippen LogP contribution is -1.97. The van der Waals surface area contributed by atoms with Crippen molar-refractivity contribution >= 4 is 5.97 Å². The van der Waals surface area contributed by atoms with Crippen molar-refractivity contribution in [3.8, 4) is 0 Å². The first-order valence-electron chi connectivity index (χ1n) is 3.96. The molecule has 2 rings (SSSR count). The summed E-state index contributed by atoms with van der Waals surface area (Å²) >= 11 is 0. The van der Waals surface area contributed by atoms with Gasteiger partial charge in [-0.3, -0.25) is 4.98 Å². The molecular formula is C9H9NO2. The summed E-state index contributed by atoms with van der Waals surface area (Å²) in [6.45, 7) is 0. The van der Waals surface area contributed by atoms with Gasteiger partial charge in [0.15, 0.2) is 0 Å². The molecule has 3 heteroatoms. The van der Waals surface area contributed by atoms with Gasteiger partial charge in [-0.15, -0.1) is 0 Å². The maximum Gasteiger partial charge on any atom is 0.337 e. The summed E-state index contributed by atoms with van der Waals surface area (Å²) in [7, 11) is 0. The van der Waals surface area contributed by atoms with Crippen molar-refractivity contribution < 1.29 is 9.90 Å². The predicted octanol–water partition coefficient (Wildman–Crippen LogP) is 1.66. The Morgan fingerprint density at radius 1 is 1.50 bits per heavy atom. The van der Waals surface area contributed by atoms with Crippen LogP contribution in [0, 0.1) is 0 Å². The summed E-state index contributed by atoms with van der Waals surface area (Å²) in [5.74, 6) is -0.322. The van der Waals surface area contributed by atoms with Crippen LogP contribution in [0.5, 0.6) is 0 Å². The Morgan fingerprint density at radius 3 is 2.67 bits per heavy atom. The molecule has 0 atom stereocenters. The monoisotopic (exact) mass is 163 g/mol. The Hall–Kier alpha value is -1.38.